The third-order valence-corrected chi connectivity index (χ3v) is 6.16. The van der Waals surface area contributed by atoms with E-state index in [-0.39, 0.29) is 4.90 Å². The number of benzene rings is 2. The highest BCUT2D eigenvalue weighted by molar-refractivity contribution is 9.10. The van der Waals surface area contributed by atoms with Gasteiger partial charge in [0.1, 0.15) is 0 Å². The molecule has 1 N–H and O–H groups in total. The minimum Gasteiger partial charge on any atom is -0.352 e. The SMILES string of the molecule is CN1CCN(/C(=N/NS(=O)(=O)c2ccccc2)c2ccccc2Br)CC1. The summed E-state index contributed by atoms with van der Waals surface area (Å²) >= 11 is 3.55. The molecule has 8 heteroatoms. The number of halogens is 1. The number of hydrogen-bond donors (Lipinski definition) is 1. The Kier molecular flexibility index (Phi) is 5.95. The Bertz CT molecular complexity index is 879. The highest BCUT2D eigenvalue weighted by Gasteiger charge is 2.22. The number of nitrogens with one attached hydrogen (secondary N) is 1. The van der Waals surface area contributed by atoms with Gasteiger partial charge in [-0.05, 0) is 25.2 Å². The average molecular weight is 437 g/mol. The molecule has 0 aromatic heterocycles. The molecule has 6 nitrogen and oxygen atoms in total. The van der Waals surface area contributed by atoms with Crippen LogP contribution in [0.2, 0.25) is 0 Å². The lowest BCUT2D eigenvalue weighted by atomic mass is 10.1. The molecule has 1 aliphatic rings. The molecule has 2 aromatic rings. The predicted octanol–water partition coefficient (Wildman–Crippen LogP) is 2.34. The minimum absolute atomic E-state index is 0.189. The maximum atomic E-state index is 12.5. The standard InChI is InChI=1S/C18H21BrN4O2S/c1-22-11-13-23(14-12-22)18(16-9-5-6-10-17(16)19)20-21-26(24,25)15-7-3-2-4-8-15/h2-10,21H,11-14H2,1H3/b20-18+. The number of hydrazone groups is 1. The first-order valence-corrected chi connectivity index (χ1v) is 10.6. The average Bonchev–Trinajstić information content (AvgIpc) is 2.65. The van der Waals surface area contributed by atoms with Crippen molar-refractivity contribution in [3.63, 3.8) is 0 Å². The highest BCUT2D eigenvalue weighted by atomic mass is 79.9. The van der Waals surface area contributed by atoms with E-state index in [0.29, 0.717) is 5.84 Å². The first-order chi connectivity index (χ1) is 12.5. The summed E-state index contributed by atoms with van der Waals surface area (Å²) in [7, 11) is -1.64. The molecule has 0 amide bonds. The van der Waals surface area contributed by atoms with Gasteiger partial charge in [0, 0.05) is 36.2 Å². The second kappa shape index (κ2) is 8.20. The Hall–Kier alpha value is -1.90. The molecule has 1 saturated heterocycles. The van der Waals surface area contributed by atoms with Crippen LogP contribution in [0.15, 0.2) is 69.1 Å². The maximum absolute atomic E-state index is 12.5. The van der Waals surface area contributed by atoms with Crippen molar-refractivity contribution in [3.8, 4) is 0 Å². The summed E-state index contributed by atoms with van der Waals surface area (Å²) in [5.74, 6) is 0.616. The van der Waals surface area contributed by atoms with Gasteiger partial charge in [0.2, 0.25) is 0 Å². The smallest absolute Gasteiger partial charge is 0.276 e. The minimum atomic E-state index is -3.72. The largest absolute Gasteiger partial charge is 0.352 e. The Morgan fingerprint density at radius 1 is 1.00 bits per heavy atom. The van der Waals surface area contributed by atoms with Gasteiger partial charge >= 0.3 is 0 Å². The van der Waals surface area contributed by atoms with Gasteiger partial charge in [0.15, 0.2) is 5.84 Å². The number of piperazine rings is 1. The van der Waals surface area contributed by atoms with Crippen molar-refractivity contribution in [1.82, 2.24) is 14.6 Å². The van der Waals surface area contributed by atoms with Crippen molar-refractivity contribution < 1.29 is 8.42 Å². The monoisotopic (exact) mass is 436 g/mol. The molecule has 0 bridgehead atoms. The van der Waals surface area contributed by atoms with E-state index >= 15 is 0 Å². The molecule has 0 radical (unpaired) electrons. The van der Waals surface area contributed by atoms with Crippen LogP contribution in [0, 0.1) is 0 Å². The van der Waals surface area contributed by atoms with Gasteiger partial charge < -0.3 is 9.80 Å². The van der Waals surface area contributed by atoms with Crippen LogP contribution in [-0.2, 0) is 10.0 Å². The number of sulfonamides is 1. The summed E-state index contributed by atoms with van der Waals surface area (Å²) in [4.78, 5) is 6.93. The van der Waals surface area contributed by atoms with E-state index in [2.05, 4.69) is 42.7 Å². The summed E-state index contributed by atoms with van der Waals surface area (Å²) in [5, 5.41) is 4.31. The highest BCUT2D eigenvalue weighted by Crippen LogP contribution is 2.19. The molecular weight excluding hydrogens is 416 g/mol. The van der Waals surface area contributed by atoms with Gasteiger partial charge in [0.25, 0.3) is 10.0 Å². The summed E-state index contributed by atoms with van der Waals surface area (Å²) in [6, 6.07) is 15.9. The van der Waals surface area contributed by atoms with Gasteiger partial charge in [-0.1, -0.05) is 52.3 Å². The third kappa shape index (κ3) is 4.44. The van der Waals surface area contributed by atoms with Gasteiger partial charge in [-0.25, -0.2) is 0 Å². The zero-order valence-corrected chi connectivity index (χ0v) is 16.9. The molecule has 0 saturated carbocycles. The lowest BCUT2D eigenvalue weighted by Crippen LogP contribution is -2.48. The Labute approximate surface area is 162 Å². The lowest BCUT2D eigenvalue weighted by Gasteiger charge is -2.34. The topological polar surface area (TPSA) is 65.0 Å². The fourth-order valence-corrected chi connectivity index (χ4v) is 4.01. The molecule has 3 rings (SSSR count). The van der Waals surface area contributed by atoms with Crippen molar-refractivity contribution in [2.24, 2.45) is 5.10 Å². The Balaban J connectivity index is 1.93. The molecule has 1 fully saturated rings. The molecule has 2 aromatic carbocycles. The molecular formula is C18H21BrN4O2S. The van der Waals surface area contributed by atoms with Gasteiger partial charge in [-0.15, -0.1) is 5.10 Å². The van der Waals surface area contributed by atoms with E-state index in [1.807, 2.05) is 24.3 Å². The number of rotatable bonds is 4. The molecule has 1 heterocycles. The van der Waals surface area contributed by atoms with Crippen LogP contribution < -0.4 is 4.83 Å². The Morgan fingerprint density at radius 3 is 2.27 bits per heavy atom. The van der Waals surface area contributed by atoms with Crippen LogP contribution in [-0.4, -0.2) is 57.3 Å². The van der Waals surface area contributed by atoms with Crippen molar-refractivity contribution in [2.45, 2.75) is 4.90 Å². The van der Waals surface area contributed by atoms with E-state index in [1.54, 1.807) is 30.3 Å². The Morgan fingerprint density at radius 2 is 1.62 bits per heavy atom. The summed E-state index contributed by atoms with van der Waals surface area (Å²) < 4.78 is 25.9. The van der Waals surface area contributed by atoms with E-state index < -0.39 is 10.0 Å². The molecule has 0 unspecified atom stereocenters. The molecule has 26 heavy (non-hydrogen) atoms. The van der Waals surface area contributed by atoms with E-state index in [4.69, 9.17) is 0 Å². The zero-order chi connectivity index (χ0) is 18.6. The van der Waals surface area contributed by atoms with E-state index in [0.717, 1.165) is 36.2 Å². The molecule has 0 atom stereocenters. The molecule has 0 spiro atoms. The van der Waals surface area contributed by atoms with Crippen LogP contribution in [0.25, 0.3) is 0 Å². The third-order valence-electron chi connectivity index (χ3n) is 4.24. The maximum Gasteiger partial charge on any atom is 0.276 e. The first kappa shape index (κ1) is 18.9. The fourth-order valence-electron chi connectivity index (χ4n) is 2.72. The lowest BCUT2D eigenvalue weighted by molar-refractivity contribution is 0.215. The van der Waals surface area contributed by atoms with Gasteiger partial charge in [-0.3, -0.25) is 0 Å². The van der Waals surface area contributed by atoms with Crippen LogP contribution in [0.4, 0.5) is 0 Å². The normalized spacial score (nSPS) is 16.5. The summed E-state index contributed by atoms with van der Waals surface area (Å²) in [6.45, 7) is 3.36. The zero-order valence-electron chi connectivity index (χ0n) is 14.5. The van der Waals surface area contributed by atoms with Crippen LogP contribution in [0.5, 0.6) is 0 Å². The van der Waals surface area contributed by atoms with Crippen molar-refractivity contribution in [1.29, 1.82) is 0 Å². The van der Waals surface area contributed by atoms with Crippen LogP contribution in [0.1, 0.15) is 5.56 Å². The second-order valence-electron chi connectivity index (χ2n) is 6.11. The van der Waals surface area contributed by atoms with Crippen LogP contribution >= 0.6 is 15.9 Å². The number of amidine groups is 1. The molecule has 1 aliphatic heterocycles. The van der Waals surface area contributed by atoms with E-state index in [9.17, 15) is 8.42 Å². The first-order valence-electron chi connectivity index (χ1n) is 8.30. The second-order valence-corrected chi connectivity index (χ2v) is 8.63. The number of likely N-dealkylation sites (N-methyl/N-ethyl adjacent to an activating group) is 1. The summed E-state index contributed by atoms with van der Waals surface area (Å²) in [6.07, 6.45) is 0. The van der Waals surface area contributed by atoms with Crippen LogP contribution in [0.3, 0.4) is 0 Å². The number of nitrogens with zero attached hydrogens (tertiary/aromatic N) is 3. The fraction of sp³-hybridized carbons (Fsp3) is 0.278. The van der Waals surface area contributed by atoms with Crippen molar-refractivity contribution >= 4 is 31.8 Å². The summed E-state index contributed by atoms with van der Waals surface area (Å²) in [5.41, 5.74) is 0.854. The molecule has 0 aliphatic carbocycles. The predicted molar refractivity (Wildman–Crippen MR) is 107 cm³/mol. The quantitative estimate of drug-likeness (QED) is 0.453. The molecule has 138 valence electrons. The number of hydrogen-bond acceptors (Lipinski definition) is 4. The van der Waals surface area contributed by atoms with E-state index in [1.165, 1.54) is 0 Å². The van der Waals surface area contributed by atoms with Gasteiger partial charge in [0.05, 0.1) is 4.90 Å². The van der Waals surface area contributed by atoms with Crippen molar-refractivity contribution in [3.05, 3.63) is 64.6 Å². The van der Waals surface area contributed by atoms with Crippen molar-refractivity contribution in [2.75, 3.05) is 33.2 Å². The van der Waals surface area contributed by atoms with Gasteiger partial charge in [-0.2, -0.15) is 13.2 Å².